The van der Waals surface area contributed by atoms with Crippen molar-refractivity contribution in [3.63, 3.8) is 0 Å². The average molecular weight is 391 g/mol. The minimum atomic E-state index is -0.270. The molecule has 4 atom stereocenters. The molecule has 3 aromatic rings. The van der Waals surface area contributed by atoms with Crippen LogP contribution in [0, 0.1) is 23.6 Å². The molecule has 2 fully saturated rings. The number of nitrogens with one attached hydrogen (secondary N) is 1. The van der Waals surface area contributed by atoms with E-state index in [1.807, 2.05) is 30.6 Å². The van der Waals surface area contributed by atoms with Crippen molar-refractivity contribution in [2.24, 2.45) is 17.8 Å². The number of amides is 1. The van der Waals surface area contributed by atoms with E-state index in [4.69, 9.17) is 0 Å². The van der Waals surface area contributed by atoms with Gasteiger partial charge in [0.2, 0.25) is 5.91 Å². The van der Waals surface area contributed by atoms with Crippen LogP contribution in [0.3, 0.4) is 0 Å². The largest absolute Gasteiger partial charge is 0.347 e. The van der Waals surface area contributed by atoms with Gasteiger partial charge in [-0.3, -0.25) is 4.79 Å². The first-order chi connectivity index (χ1) is 14.2. The molecule has 1 aromatic heterocycles. The number of benzene rings is 2. The van der Waals surface area contributed by atoms with Crippen LogP contribution in [0.2, 0.25) is 0 Å². The zero-order valence-electron chi connectivity index (χ0n) is 16.4. The molecule has 5 rings (SSSR count). The van der Waals surface area contributed by atoms with E-state index in [9.17, 15) is 9.18 Å². The van der Waals surface area contributed by atoms with E-state index in [0.29, 0.717) is 18.9 Å². The highest BCUT2D eigenvalue weighted by molar-refractivity contribution is 5.77. The van der Waals surface area contributed by atoms with Crippen LogP contribution < -0.4 is 5.32 Å². The average Bonchev–Trinajstić information content (AvgIpc) is 3.44. The summed E-state index contributed by atoms with van der Waals surface area (Å²) in [5, 5.41) is 3.23. The predicted molar refractivity (Wildman–Crippen MR) is 111 cm³/mol. The Labute approximate surface area is 170 Å². The molecule has 2 saturated carbocycles. The van der Waals surface area contributed by atoms with Gasteiger partial charge in [-0.05, 0) is 66.8 Å². The van der Waals surface area contributed by atoms with Crippen LogP contribution in [0.5, 0.6) is 0 Å². The molecular weight excluding hydrogens is 365 g/mol. The topological polar surface area (TPSA) is 46.9 Å². The predicted octanol–water partition coefficient (Wildman–Crippen LogP) is 4.86. The molecule has 1 heterocycles. The summed E-state index contributed by atoms with van der Waals surface area (Å²) in [6.07, 6.45) is 7.54. The summed E-state index contributed by atoms with van der Waals surface area (Å²) >= 11 is 0. The number of para-hydroxylation sites is 2. The highest BCUT2D eigenvalue weighted by Gasteiger charge is 2.40. The molecule has 150 valence electrons. The molecule has 5 heteroatoms. The number of nitrogens with zero attached hydrogens (tertiary/aromatic N) is 2. The second kappa shape index (κ2) is 7.62. The summed E-state index contributed by atoms with van der Waals surface area (Å²) in [5.74, 6) is 1.92. The van der Waals surface area contributed by atoms with Crippen LogP contribution in [0.4, 0.5) is 4.39 Å². The van der Waals surface area contributed by atoms with Gasteiger partial charge in [-0.2, -0.15) is 0 Å². The van der Waals surface area contributed by atoms with Gasteiger partial charge in [0.1, 0.15) is 5.82 Å². The van der Waals surface area contributed by atoms with Gasteiger partial charge in [0.05, 0.1) is 23.4 Å². The van der Waals surface area contributed by atoms with Crippen molar-refractivity contribution in [2.75, 3.05) is 0 Å². The third-order valence-corrected chi connectivity index (χ3v) is 6.85. The molecule has 29 heavy (non-hydrogen) atoms. The molecule has 2 aliphatic carbocycles. The summed E-state index contributed by atoms with van der Waals surface area (Å²) in [4.78, 5) is 17.4. The fourth-order valence-corrected chi connectivity index (χ4v) is 5.40. The second-order valence-corrected chi connectivity index (χ2v) is 8.70. The molecule has 0 saturated heterocycles. The normalized spacial score (nSPS) is 24.1. The summed E-state index contributed by atoms with van der Waals surface area (Å²) in [6, 6.07) is 14.2. The Bertz CT molecular complexity index is 1010. The number of aromatic nitrogens is 2. The minimum absolute atomic E-state index is 0.0984. The van der Waals surface area contributed by atoms with E-state index < -0.39 is 0 Å². The van der Waals surface area contributed by atoms with Crippen molar-refractivity contribution in [1.82, 2.24) is 14.9 Å². The third-order valence-electron chi connectivity index (χ3n) is 6.85. The van der Waals surface area contributed by atoms with Crippen LogP contribution in [0.1, 0.15) is 43.7 Å². The van der Waals surface area contributed by atoms with Crippen molar-refractivity contribution in [2.45, 2.75) is 44.7 Å². The maximum atomic E-state index is 13.5. The third kappa shape index (κ3) is 3.78. The molecule has 2 bridgehead atoms. The Balaban J connectivity index is 1.35. The first-order valence-corrected chi connectivity index (χ1v) is 10.6. The number of fused-ring (bicyclic) bond motifs is 3. The van der Waals surface area contributed by atoms with E-state index >= 15 is 0 Å². The molecule has 2 aromatic carbocycles. The second-order valence-electron chi connectivity index (χ2n) is 8.70. The van der Waals surface area contributed by atoms with Gasteiger partial charge in [0, 0.05) is 13.0 Å². The Hall–Kier alpha value is -2.69. The number of hydrogen-bond donors (Lipinski definition) is 1. The van der Waals surface area contributed by atoms with Crippen molar-refractivity contribution in [3.05, 3.63) is 66.2 Å². The number of carbonyl (C=O) groups is 1. The number of halogens is 1. The number of carbonyl (C=O) groups excluding carboxylic acids is 1. The van der Waals surface area contributed by atoms with Crippen LogP contribution >= 0.6 is 0 Å². The van der Waals surface area contributed by atoms with Crippen LogP contribution in [0.25, 0.3) is 11.0 Å². The Morgan fingerprint density at radius 1 is 1.14 bits per heavy atom. The highest BCUT2D eigenvalue weighted by atomic mass is 19.1. The maximum Gasteiger partial charge on any atom is 0.220 e. The van der Waals surface area contributed by atoms with Gasteiger partial charge in [0.15, 0.2) is 0 Å². The quantitative estimate of drug-likeness (QED) is 0.652. The zero-order chi connectivity index (χ0) is 19.8. The van der Waals surface area contributed by atoms with Gasteiger partial charge in [-0.1, -0.05) is 30.7 Å². The molecule has 1 N–H and O–H groups in total. The van der Waals surface area contributed by atoms with Gasteiger partial charge < -0.3 is 9.88 Å². The standard InChI is InChI=1S/C24H26FN3O/c25-20-9-7-17(8-10-20)22(14-28-15-26-21-3-1-2-4-23(21)28)27-24(29)13-19-12-16-5-6-18(19)11-16/h1-4,7-10,15-16,18-19,22H,5-6,11-14H2,(H,27,29). The first-order valence-electron chi connectivity index (χ1n) is 10.6. The number of imidazole rings is 1. The van der Waals surface area contributed by atoms with Crippen LogP contribution in [0.15, 0.2) is 54.9 Å². The van der Waals surface area contributed by atoms with Crippen molar-refractivity contribution in [1.29, 1.82) is 0 Å². The summed E-state index contributed by atoms with van der Waals surface area (Å²) in [7, 11) is 0. The van der Waals surface area contributed by atoms with E-state index in [1.54, 1.807) is 12.1 Å². The molecule has 0 radical (unpaired) electrons. The lowest BCUT2D eigenvalue weighted by Crippen LogP contribution is -2.33. The fraction of sp³-hybridized carbons (Fsp3) is 0.417. The van der Waals surface area contributed by atoms with E-state index in [2.05, 4.69) is 14.9 Å². The Morgan fingerprint density at radius 3 is 2.72 bits per heavy atom. The molecule has 0 spiro atoms. The van der Waals surface area contributed by atoms with E-state index in [1.165, 1.54) is 37.8 Å². The molecule has 0 aliphatic heterocycles. The fourth-order valence-electron chi connectivity index (χ4n) is 5.40. The lowest BCUT2D eigenvalue weighted by Gasteiger charge is -2.24. The molecule has 4 unspecified atom stereocenters. The molecule has 4 nitrogen and oxygen atoms in total. The van der Waals surface area contributed by atoms with Gasteiger partial charge in [-0.25, -0.2) is 9.37 Å². The molecule has 1 amide bonds. The minimum Gasteiger partial charge on any atom is -0.347 e. The molecular formula is C24H26FN3O. The maximum absolute atomic E-state index is 13.5. The molecule has 2 aliphatic rings. The monoisotopic (exact) mass is 391 g/mol. The Morgan fingerprint density at radius 2 is 1.97 bits per heavy atom. The number of hydrogen-bond acceptors (Lipinski definition) is 2. The van der Waals surface area contributed by atoms with Crippen LogP contribution in [-0.2, 0) is 11.3 Å². The lowest BCUT2D eigenvalue weighted by atomic mass is 9.86. The zero-order valence-corrected chi connectivity index (χ0v) is 16.4. The SMILES string of the molecule is O=C(CC1CC2CCC1C2)NC(Cn1cnc2ccccc21)c1ccc(F)cc1. The van der Waals surface area contributed by atoms with E-state index in [0.717, 1.165) is 28.4 Å². The summed E-state index contributed by atoms with van der Waals surface area (Å²) in [6.45, 7) is 0.564. The van der Waals surface area contributed by atoms with Gasteiger partial charge >= 0.3 is 0 Å². The highest BCUT2D eigenvalue weighted by Crippen LogP contribution is 2.49. The van der Waals surface area contributed by atoms with Crippen molar-refractivity contribution >= 4 is 16.9 Å². The van der Waals surface area contributed by atoms with Gasteiger partial charge in [-0.15, -0.1) is 0 Å². The number of rotatable bonds is 6. The van der Waals surface area contributed by atoms with Crippen molar-refractivity contribution < 1.29 is 9.18 Å². The van der Waals surface area contributed by atoms with Crippen molar-refractivity contribution in [3.8, 4) is 0 Å². The summed E-state index contributed by atoms with van der Waals surface area (Å²) < 4.78 is 15.5. The smallest absolute Gasteiger partial charge is 0.220 e. The van der Waals surface area contributed by atoms with E-state index in [-0.39, 0.29) is 17.8 Å². The lowest BCUT2D eigenvalue weighted by molar-refractivity contribution is -0.123. The van der Waals surface area contributed by atoms with Gasteiger partial charge in [0.25, 0.3) is 0 Å². The first kappa shape index (κ1) is 18.3. The summed E-state index contributed by atoms with van der Waals surface area (Å²) in [5.41, 5.74) is 2.87. The Kier molecular flexibility index (Phi) is 4.82. The van der Waals surface area contributed by atoms with Crippen LogP contribution in [-0.4, -0.2) is 15.5 Å².